The smallest absolute Gasteiger partial charge is 0.303 e. The lowest BCUT2D eigenvalue weighted by Gasteiger charge is -2.39. The summed E-state index contributed by atoms with van der Waals surface area (Å²) in [7, 11) is 0. The van der Waals surface area contributed by atoms with Gasteiger partial charge in [-0.3, -0.25) is 14.4 Å². The number of hydrogen-bond donors (Lipinski definition) is 3. The number of hydrogen-bond acceptors (Lipinski definition) is 3. The Bertz CT molecular complexity index is 608. The van der Waals surface area contributed by atoms with Gasteiger partial charge < -0.3 is 19.8 Å². The minimum Gasteiger partial charge on any atom is -0.481 e. The predicted molar refractivity (Wildman–Crippen MR) is 164 cm³/mol. The average Bonchev–Trinajstić information content (AvgIpc) is 2.91. The van der Waals surface area contributed by atoms with Gasteiger partial charge in [-0.05, 0) is 77.0 Å². The molecule has 7 heteroatoms. The first-order valence-corrected chi connectivity index (χ1v) is 16.5. The zero-order chi connectivity index (χ0) is 29.7. The quantitative estimate of drug-likeness (QED) is 0.0438. The zero-order valence-electron chi connectivity index (χ0n) is 25.8. The van der Waals surface area contributed by atoms with E-state index in [9.17, 15) is 14.4 Å². The maximum atomic E-state index is 11.0. The third kappa shape index (κ3) is 26.3. The van der Waals surface area contributed by atoms with Crippen molar-refractivity contribution in [3.63, 3.8) is 0 Å². The number of rotatable bonds is 31. The third-order valence-electron chi connectivity index (χ3n) is 7.96. The number of unbranched alkanes of at least 4 members (excludes halogenated alkanes) is 15. The van der Waals surface area contributed by atoms with Crippen molar-refractivity contribution in [2.45, 2.75) is 155 Å². The van der Waals surface area contributed by atoms with Gasteiger partial charge in [0.05, 0.1) is 26.2 Å². The molecule has 0 aromatic heterocycles. The Labute approximate surface area is 245 Å². The van der Waals surface area contributed by atoms with Gasteiger partial charge in [0.25, 0.3) is 0 Å². The molecule has 7 nitrogen and oxygen atoms in total. The molecule has 0 aromatic carbocycles. The van der Waals surface area contributed by atoms with Crippen LogP contribution in [-0.2, 0) is 14.4 Å². The number of carboxylic acid groups (broad SMARTS) is 3. The minimum atomic E-state index is -0.770. The van der Waals surface area contributed by atoms with Crippen molar-refractivity contribution < 1.29 is 34.2 Å². The van der Waals surface area contributed by atoms with Crippen molar-refractivity contribution in [2.24, 2.45) is 0 Å². The first kappa shape index (κ1) is 38.1. The van der Waals surface area contributed by atoms with Gasteiger partial charge in [0, 0.05) is 19.3 Å². The van der Waals surface area contributed by atoms with Gasteiger partial charge in [-0.15, -0.1) is 0 Å². The number of quaternary nitrogens is 1. The number of carboxylic acids is 3. The SMILES string of the molecule is CCCCCCCCCC/C=C/CCCCCC[N+](CCCCC(=O)O)(CCCCC(=O)O)CCCCC(=O)O. The molecule has 0 saturated carbocycles. The summed E-state index contributed by atoms with van der Waals surface area (Å²) in [5.74, 6) is -2.31. The summed E-state index contributed by atoms with van der Waals surface area (Å²) in [6, 6.07) is 0. The third-order valence-corrected chi connectivity index (χ3v) is 7.96. The van der Waals surface area contributed by atoms with Gasteiger partial charge in [0.2, 0.25) is 0 Å². The van der Waals surface area contributed by atoms with Gasteiger partial charge in [-0.25, -0.2) is 0 Å². The monoisotopic (exact) mass is 568 g/mol. The molecular weight excluding hydrogens is 506 g/mol. The largest absolute Gasteiger partial charge is 0.481 e. The average molecular weight is 569 g/mol. The van der Waals surface area contributed by atoms with Gasteiger partial charge >= 0.3 is 17.9 Å². The summed E-state index contributed by atoms with van der Waals surface area (Å²) in [5, 5.41) is 27.1. The first-order chi connectivity index (χ1) is 19.3. The van der Waals surface area contributed by atoms with Crippen molar-refractivity contribution in [1.29, 1.82) is 0 Å². The molecular formula is C33H62NO6+. The normalized spacial score (nSPS) is 11.8. The van der Waals surface area contributed by atoms with Crippen molar-refractivity contribution >= 4 is 17.9 Å². The van der Waals surface area contributed by atoms with Crippen LogP contribution >= 0.6 is 0 Å². The number of allylic oxidation sites excluding steroid dienone is 2. The van der Waals surface area contributed by atoms with Crippen LogP contribution in [0.5, 0.6) is 0 Å². The van der Waals surface area contributed by atoms with Crippen molar-refractivity contribution in [3.05, 3.63) is 12.2 Å². The van der Waals surface area contributed by atoms with Crippen LogP contribution in [-0.4, -0.2) is 63.9 Å². The van der Waals surface area contributed by atoms with E-state index in [1.807, 2.05) is 0 Å². The summed E-state index contributed by atoms with van der Waals surface area (Å²) in [6.45, 7) is 5.91. The molecule has 0 aliphatic carbocycles. The molecule has 234 valence electrons. The molecule has 0 bridgehead atoms. The highest BCUT2D eigenvalue weighted by atomic mass is 16.4. The Hall–Kier alpha value is -1.89. The van der Waals surface area contributed by atoms with E-state index in [2.05, 4.69) is 19.1 Å². The number of aliphatic carboxylic acids is 3. The minimum absolute atomic E-state index is 0.171. The molecule has 0 radical (unpaired) electrons. The van der Waals surface area contributed by atoms with E-state index in [0.29, 0.717) is 19.3 Å². The van der Waals surface area contributed by atoms with Crippen LogP contribution in [0.2, 0.25) is 0 Å². The highest BCUT2D eigenvalue weighted by Gasteiger charge is 2.26. The fourth-order valence-corrected chi connectivity index (χ4v) is 5.54. The van der Waals surface area contributed by atoms with Crippen LogP contribution in [0.1, 0.15) is 155 Å². The Morgan fingerprint density at radius 2 is 0.750 bits per heavy atom. The van der Waals surface area contributed by atoms with E-state index in [1.165, 1.54) is 70.6 Å². The van der Waals surface area contributed by atoms with E-state index in [0.717, 1.165) is 69.2 Å². The lowest BCUT2D eigenvalue weighted by Crippen LogP contribution is -2.51. The second-order valence-electron chi connectivity index (χ2n) is 11.7. The van der Waals surface area contributed by atoms with Crippen LogP contribution in [0.15, 0.2) is 12.2 Å². The second-order valence-corrected chi connectivity index (χ2v) is 11.7. The van der Waals surface area contributed by atoms with Gasteiger partial charge in [-0.2, -0.15) is 0 Å². The van der Waals surface area contributed by atoms with Crippen LogP contribution in [0, 0.1) is 0 Å². The van der Waals surface area contributed by atoms with Crippen LogP contribution in [0.4, 0.5) is 0 Å². The lowest BCUT2D eigenvalue weighted by atomic mass is 10.1. The highest BCUT2D eigenvalue weighted by molar-refractivity contribution is 5.67. The first-order valence-electron chi connectivity index (χ1n) is 16.5. The molecule has 0 aromatic rings. The van der Waals surface area contributed by atoms with Crippen LogP contribution < -0.4 is 0 Å². The maximum Gasteiger partial charge on any atom is 0.303 e. The fraction of sp³-hybridized carbons (Fsp3) is 0.848. The van der Waals surface area contributed by atoms with Crippen LogP contribution in [0.25, 0.3) is 0 Å². The maximum absolute atomic E-state index is 11.0. The van der Waals surface area contributed by atoms with Crippen molar-refractivity contribution in [2.75, 3.05) is 26.2 Å². The fourth-order valence-electron chi connectivity index (χ4n) is 5.54. The molecule has 0 saturated heterocycles. The summed E-state index contributed by atoms with van der Waals surface area (Å²) in [4.78, 5) is 33.0. The number of carbonyl (C=O) groups is 3. The highest BCUT2D eigenvalue weighted by Crippen LogP contribution is 2.19. The lowest BCUT2D eigenvalue weighted by molar-refractivity contribution is -0.929. The Morgan fingerprint density at radius 3 is 1.10 bits per heavy atom. The molecule has 3 N–H and O–H groups in total. The zero-order valence-corrected chi connectivity index (χ0v) is 25.8. The standard InChI is InChI=1S/C33H61NO6/c1-2-3-4-5-6-7-8-9-10-11-12-13-14-15-16-20-27-34(28-21-17-24-31(35)36,29-22-18-25-32(37)38)30-23-19-26-33(39)40/h11-12H,2-10,13-30H2,1H3,(H2-,35,36,37,38,39,40)/p+1/b12-11+. The molecule has 0 fully saturated rings. The molecule has 0 atom stereocenters. The topological polar surface area (TPSA) is 112 Å². The summed E-state index contributed by atoms with van der Waals surface area (Å²) in [5.41, 5.74) is 0. The second kappa shape index (κ2) is 27.3. The van der Waals surface area contributed by atoms with E-state index in [-0.39, 0.29) is 19.3 Å². The summed E-state index contributed by atoms with van der Waals surface area (Å²) >= 11 is 0. The van der Waals surface area contributed by atoms with Gasteiger partial charge in [0.15, 0.2) is 0 Å². The Kier molecular flexibility index (Phi) is 26.0. The van der Waals surface area contributed by atoms with Gasteiger partial charge in [0.1, 0.15) is 0 Å². The predicted octanol–water partition coefficient (Wildman–Crippen LogP) is 8.61. The van der Waals surface area contributed by atoms with Crippen molar-refractivity contribution in [1.82, 2.24) is 0 Å². The number of nitrogens with zero attached hydrogens (tertiary/aromatic N) is 1. The molecule has 0 spiro atoms. The van der Waals surface area contributed by atoms with E-state index < -0.39 is 17.9 Å². The molecule has 40 heavy (non-hydrogen) atoms. The molecule has 0 heterocycles. The molecule has 0 aliphatic rings. The summed E-state index contributed by atoms with van der Waals surface area (Å²) in [6.07, 6.45) is 27.5. The van der Waals surface area contributed by atoms with Gasteiger partial charge in [-0.1, -0.05) is 70.4 Å². The Balaban J connectivity index is 4.48. The molecule has 0 rings (SSSR count). The van der Waals surface area contributed by atoms with E-state index in [1.54, 1.807) is 0 Å². The van der Waals surface area contributed by atoms with Crippen molar-refractivity contribution in [3.8, 4) is 0 Å². The van der Waals surface area contributed by atoms with E-state index >= 15 is 0 Å². The molecule has 0 unspecified atom stereocenters. The van der Waals surface area contributed by atoms with Crippen LogP contribution in [0.3, 0.4) is 0 Å². The Morgan fingerprint density at radius 1 is 0.450 bits per heavy atom. The summed E-state index contributed by atoms with van der Waals surface area (Å²) < 4.78 is 0.858. The molecule has 0 aliphatic heterocycles. The molecule has 0 amide bonds. The van der Waals surface area contributed by atoms with E-state index in [4.69, 9.17) is 15.3 Å².